The Balaban J connectivity index is 0.00000420. The van der Waals surface area contributed by atoms with E-state index < -0.39 is 0 Å². The van der Waals surface area contributed by atoms with Crippen LogP contribution in [-0.2, 0) is 6.54 Å². The van der Waals surface area contributed by atoms with Gasteiger partial charge in [-0.3, -0.25) is 9.89 Å². The van der Waals surface area contributed by atoms with E-state index in [4.69, 9.17) is 9.73 Å². The maximum atomic E-state index is 5.24. The van der Waals surface area contributed by atoms with Gasteiger partial charge >= 0.3 is 0 Å². The fraction of sp³-hybridized carbons (Fsp3) is 0.609. The predicted octanol–water partition coefficient (Wildman–Crippen LogP) is 4.39. The Morgan fingerprint density at radius 3 is 2.59 bits per heavy atom. The molecule has 29 heavy (non-hydrogen) atoms. The van der Waals surface area contributed by atoms with Crippen molar-refractivity contribution in [3.8, 4) is 5.75 Å². The van der Waals surface area contributed by atoms with Crippen LogP contribution in [0.1, 0.15) is 38.2 Å². The van der Waals surface area contributed by atoms with Gasteiger partial charge in [-0.2, -0.15) is 0 Å². The van der Waals surface area contributed by atoms with Gasteiger partial charge in [0, 0.05) is 33.2 Å². The van der Waals surface area contributed by atoms with E-state index in [-0.39, 0.29) is 24.0 Å². The first-order valence-electron chi connectivity index (χ1n) is 10.6. The van der Waals surface area contributed by atoms with Gasteiger partial charge in [0.25, 0.3) is 0 Å². The minimum Gasteiger partial charge on any atom is -0.497 e. The molecule has 0 amide bonds. The average Bonchev–Trinajstić information content (AvgIpc) is 2.73. The highest BCUT2D eigenvalue weighted by Crippen LogP contribution is 2.20. The SMILES string of the molecule is C=CCCCN(C)C(=NCC1CCN(Cc2ccc(OC)cc2)CC1)NCC.I. The summed E-state index contributed by atoms with van der Waals surface area (Å²) in [5, 5.41) is 3.43. The summed E-state index contributed by atoms with van der Waals surface area (Å²) in [6.45, 7) is 12.1. The van der Waals surface area contributed by atoms with Crippen molar-refractivity contribution in [2.24, 2.45) is 10.9 Å². The van der Waals surface area contributed by atoms with Gasteiger partial charge in [-0.1, -0.05) is 18.2 Å². The van der Waals surface area contributed by atoms with E-state index in [1.165, 1.54) is 18.4 Å². The molecule has 1 N–H and O–H groups in total. The van der Waals surface area contributed by atoms with Gasteiger partial charge in [0.05, 0.1) is 7.11 Å². The topological polar surface area (TPSA) is 40.1 Å². The van der Waals surface area contributed by atoms with Crippen molar-refractivity contribution in [2.45, 2.75) is 39.2 Å². The van der Waals surface area contributed by atoms with Crippen molar-refractivity contribution in [1.29, 1.82) is 0 Å². The van der Waals surface area contributed by atoms with Crippen LogP contribution in [0.25, 0.3) is 0 Å². The lowest BCUT2D eigenvalue weighted by atomic mass is 9.96. The van der Waals surface area contributed by atoms with Crippen LogP contribution in [0.15, 0.2) is 41.9 Å². The lowest BCUT2D eigenvalue weighted by Crippen LogP contribution is -2.40. The molecular formula is C23H39IN4O. The van der Waals surface area contributed by atoms with Crippen molar-refractivity contribution < 1.29 is 4.74 Å². The standard InChI is InChI=1S/C23H38N4O.HI/c1-5-7-8-15-26(3)23(24-6-2)25-18-20-13-16-27(17-14-20)19-21-9-11-22(28-4)12-10-21;/h5,9-12,20H,1,6-8,13-19H2,2-4H3,(H,24,25);1H. The summed E-state index contributed by atoms with van der Waals surface area (Å²) in [4.78, 5) is 9.71. The highest BCUT2D eigenvalue weighted by molar-refractivity contribution is 14.0. The molecule has 0 spiro atoms. The smallest absolute Gasteiger partial charge is 0.193 e. The van der Waals surface area contributed by atoms with E-state index in [1.807, 2.05) is 18.2 Å². The van der Waals surface area contributed by atoms with E-state index >= 15 is 0 Å². The summed E-state index contributed by atoms with van der Waals surface area (Å²) in [6.07, 6.45) is 6.60. The molecule has 1 aromatic rings. The molecule has 0 atom stereocenters. The number of piperidine rings is 1. The third kappa shape index (κ3) is 9.38. The van der Waals surface area contributed by atoms with Gasteiger partial charge in [-0.25, -0.2) is 0 Å². The predicted molar refractivity (Wildman–Crippen MR) is 134 cm³/mol. The molecule has 0 unspecified atom stereocenters. The summed E-state index contributed by atoms with van der Waals surface area (Å²) in [5.41, 5.74) is 1.35. The number of ether oxygens (including phenoxy) is 1. The molecule has 0 aliphatic carbocycles. The number of nitrogens with one attached hydrogen (secondary N) is 1. The van der Waals surface area contributed by atoms with Crippen LogP contribution in [0.2, 0.25) is 0 Å². The summed E-state index contributed by atoms with van der Waals surface area (Å²) < 4.78 is 5.24. The molecule has 1 aromatic carbocycles. The van der Waals surface area contributed by atoms with Crippen LogP contribution in [0, 0.1) is 5.92 Å². The first kappa shape index (κ1) is 25.8. The molecule has 2 rings (SSSR count). The molecule has 6 heteroatoms. The molecule has 1 saturated heterocycles. The van der Waals surface area contributed by atoms with Crippen molar-refractivity contribution in [3.63, 3.8) is 0 Å². The van der Waals surface area contributed by atoms with Crippen LogP contribution in [0.4, 0.5) is 0 Å². The largest absolute Gasteiger partial charge is 0.497 e. The number of rotatable bonds is 10. The third-order valence-electron chi connectivity index (χ3n) is 5.37. The number of aliphatic imine (C=N–C) groups is 1. The van der Waals surface area contributed by atoms with Gasteiger partial charge in [0.2, 0.25) is 0 Å². The number of halogens is 1. The Morgan fingerprint density at radius 2 is 2.00 bits per heavy atom. The number of methoxy groups -OCH3 is 1. The quantitative estimate of drug-likeness (QED) is 0.165. The molecule has 5 nitrogen and oxygen atoms in total. The van der Waals surface area contributed by atoms with E-state index in [9.17, 15) is 0 Å². The second-order valence-corrected chi connectivity index (χ2v) is 7.61. The number of likely N-dealkylation sites (tertiary alicyclic amines) is 1. The third-order valence-corrected chi connectivity index (χ3v) is 5.37. The summed E-state index contributed by atoms with van der Waals surface area (Å²) >= 11 is 0. The van der Waals surface area contributed by atoms with E-state index in [0.717, 1.165) is 63.8 Å². The van der Waals surface area contributed by atoms with E-state index in [2.05, 4.69) is 47.8 Å². The molecule has 1 aliphatic heterocycles. The number of allylic oxidation sites excluding steroid dienone is 1. The van der Waals surface area contributed by atoms with Gasteiger partial charge < -0.3 is 15.0 Å². The Labute approximate surface area is 194 Å². The highest BCUT2D eigenvalue weighted by atomic mass is 127. The Hall–Kier alpha value is -1.28. The lowest BCUT2D eigenvalue weighted by Gasteiger charge is -2.31. The van der Waals surface area contributed by atoms with Gasteiger partial charge in [0.1, 0.15) is 5.75 Å². The number of hydrogen-bond acceptors (Lipinski definition) is 3. The first-order valence-corrected chi connectivity index (χ1v) is 10.6. The van der Waals surface area contributed by atoms with Crippen LogP contribution in [0.3, 0.4) is 0 Å². The number of nitrogens with zero attached hydrogens (tertiary/aromatic N) is 3. The Morgan fingerprint density at radius 1 is 1.31 bits per heavy atom. The second-order valence-electron chi connectivity index (χ2n) is 7.61. The number of guanidine groups is 1. The second kappa shape index (κ2) is 14.7. The fourth-order valence-electron chi connectivity index (χ4n) is 3.58. The molecule has 0 radical (unpaired) electrons. The number of benzene rings is 1. The Bertz CT molecular complexity index is 597. The van der Waals surface area contributed by atoms with E-state index in [1.54, 1.807) is 7.11 Å². The summed E-state index contributed by atoms with van der Waals surface area (Å²) in [5.74, 6) is 2.64. The van der Waals surface area contributed by atoms with Crippen molar-refractivity contribution in [1.82, 2.24) is 15.1 Å². The summed E-state index contributed by atoms with van der Waals surface area (Å²) in [7, 11) is 3.84. The van der Waals surface area contributed by atoms with Crippen molar-refractivity contribution >= 4 is 29.9 Å². The minimum atomic E-state index is 0. The van der Waals surface area contributed by atoms with Crippen LogP contribution < -0.4 is 10.1 Å². The number of unbranched alkanes of at least 4 members (excludes halogenated alkanes) is 1. The highest BCUT2D eigenvalue weighted by Gasteiger charge is 2.19. The molecule has 1 fully saturated rings. The van der Waals surface area contributed by atoms with Gasteiger partial charge in [0.15, 0.2) is 5.96 Å². The van der Waals surface area contributed by atoms with Gasteiger partial charge in [-0.15, -0.1) is 30.6 Å². The first-order chi connectivity index (χ1) is 13.7. The zero-order valence-electron chi connectivity index (χ0n) is 18.4. The van der Waals surface area contributed by atoms with Crippen LogP contribution >= 0.6 is 24.0 Å². The fourth-order valence-corrected chi connectivity index (χ4v) is 3.58. The van der Waals surface area contributed by atoms with Crippen molar-refractivity contribution in [2.75, 3.05) is 46.9 Å². The average molecular weight is 514 g/mol. The van der Waals surface area contributed by atoms with Crippen LogP contribution in [0.5, 0.6) is 5.75 Å². The summed E-state index contributed by atoms with van der Waals surface area (Å²) in [6, 6.07) is 8.43. The molecule has 0 aromatic heterocycles. The molecule has 0 saturated carbocycles. The molecule has 164 valence electrons. The lowest BCUT2D eigenvalue weighted by molar-refractivity contribution is 0.180. The normalized spacial score (nSPS) is 15.5. The molecule has 0 bridgehead atoms. The molecule has 1 heterocycles. The number of hydrogen-bond donors (Lipinski definition) is 1. The minimum absolute atomic E-state index is 0. The van der Waals surface area contributed by atoms with E-state index in [0.29, 0.717) is 5.92 Å². The maximum Gasteiger partial charge on any atom is 0.193 e. The Kier molecular flexibility index (Phi) is 13.0. The maximum absolute atomic E-state index is 5.24. The molecular weight excluding hydrogens is 475 g/mol. The van der Waals surface area contributed by atoms with Gasteiger partial charge in [-0.05, 0) is 69.3 Å². The zero-order chi connectivity index (χ0) is 20.2. The monoisotopic (exact) mass is 514 g/mol. The zero-order valence-corrected chi connectivity index (χ0v) is 20.7. The molecule has 1 aliphatic rings. The van der Waals surface area contributed by atoms with Crippen LogP contribution in [-0.4, -0.2) is 62.6 Å². The van der Waals surface area contributed by atoms with Crippen molar-refractivity contribution in [3.05, 3.63) is 42.5 Å².